The molecule has 0 fully saturated rings. The van der Waals surface area contributed by atoms with E-state index in [0.717, 1.165) is 17.1 Å². The van der Waals surface area contributed by atoms with Crippen LogP contribution in [0.3, 0.4) is 0 Å². The van der Waals surface area contributed by atoms with Crippen LogP contribution in [0.4, 0.5) is 0 Å². The van der Waals surface area contributed by atoms with Crippen LogP contribution in [0, 0.1) is 0 Å². The maximum atomic E-state index is 4.28. The third kappa shape index (κ3) is 3.76. The van der Waals surface area contributed by atoms with Gasteiger partial charge in [0.15, 0.2) is 0 Å². The van der Waals surface area contributed by atoms with E-state index in [1.54, 1.807) is 12.3 Å². The summed E-state index contributed by atoms with van der Waals surface area (Å²) in [5.41, 5.74) is 2.01. The normalized spacial score (nSPS) is 11.2. The van der Waals surface area contributed by atoms with Crippen LogP contribution in [0.25, 0.3) is 0 Å². The molecule has 0 radical (unpaired) electrons. The van der Waals surface area contributed by atoms with Crippen molar-refractivity contribution in [1.29, 1.82) is 0 Å². The van der Waals surface area contributed by atoms with Crippen molar-refractivity contribution in [3.63, 3.8) is 0 Å². The number of hydrogen-bond donors (Lipinski definition) is 1. The van der Waals surface area contributed by atoms with Crippen LogP contribution in [-0.4, -0.2) is 5.71 Å². The Labute approximate surface area is 74.4 Å². The van der Waals surface area contributed by atoms with Crippen molar-refractivity contribution >= 4 is 5.71 Å². The van der Waals surface area contributed by atoms with E-state index in [9.17, 15) is 0 Å². The number of allylic oxidation sites excluding steroid dienone is 2. The molecule has 0 saturated heterocycles. The lowest BCUT2D eigenvalue weighted by atomic mass is 10.3. The molecule has 1 N–H and O–H groups in total. The highest BCUT2D eigenvalue weighted by molar-refractivity contribution is 5.80. The minimum atomic E-state index is 0.806. The smallest absolute Gasteiger partial charge is 0.132 e. The summed E-state index contributed by atoms with van der Waals surface area (Å²) in [6.07, 6.45) is 3.37. The lowest BCUT2D eigenvalue weighted by Gasteiger charge is -2.04. The molecule has 0 heterocycles. The second kappa shape index (κ2) is 5.35. The highest BCUT2D eigenvalue weighted by atomic mass is 15.0. The highest BCUT2D eigenvalue weighted by Crippen LogP contribution is 2.03. The van der Waals surface area contributed by atoms with E-state index in [0.29, 0.717) is 0 Å². The zero-order chi connectivity index (χ0) is 9.56. The van der Waals surface area contributed by atoms with Crippen LogP contribution in [0.15, 0.2) is 41.8 Å². The standard InChI is InChI=1S/C10H16N2/c1-6-9(5)10(11-7-2)12-8(3)4/h6-7,11H,1-2H2,3-5H3/b10-9-. The Hall–Kier alpha value is -1.31. The van der Waals surface area contributed by atoms with Crippen LogP contribution in [0.5, 0.6) is 0 Å². The molecule has 2 nitrogen and oxygen atoms in total. The molecule has 0 rings (SSSR count). The van der Waals surface area contributed by atoms with E-state index in [4.69, 9.17) is 0 Å². The summed E-state index contributed by atoms with van der Waals surface area (Å²) < 4.78 is 0. The predicted molar refractivity (Wildman–Crippen MR) is 55.0 cm³/mol. The third-order valence-corrected chi connectivity index (χ3v) is 1.25. The van der Waals surface area contributed by atoms with Crippen LogP contribution in [-0.2, 0) is 0 Å². The van der Waals surface area contributed by atoms with Crippen molar-refractivity contribution < 1.29 is 0 Å². The molecule has 0 atom stereocenters. The Morgan fingerprint density at radius 1 is 1.25 bits per heavy atom. The molecule has 0 aliphatic rings. The minimum Gasteiger partial charge on any atom is -0.347 e. The summed E-state index contributed by atoms with van der Waals surface area (Å²) in [4.78, 5) is 4.28. The summed E-state index contributed by atoms with van der Waals surface area (Å²) in [5.74, 6) is 0.806. The van der Waals surface area contributed by atoms with Gasteiger partial charge in [-0.05, 0) is 32.5 Å². The molecule has 0 aromatic carbocycles. The van der Waals surface area contributed by atoms with Crippen LogP contribution < -0.4 is 5.32 Å². The molecular weight excluding hydrogens is 148 g/mol. The fourth-order valence-corrected chi connectivity index (χ4v) is 0.651. The summed E-state index contributed by atoms with van der Waals surface area (Å²) >= 11 is 0. The maximum absolute atomic E-state index is 4.28. The van der Waals surface area contributed by atoms with Crippen molar-refractivity contribution in [3.05, 3.63) is 36.8 Å². The van der Waals surface area contributed by atoms with Gasteiger partial charge in [-0.25, -0.2) is 4.99 Å². The first-order valence-corrected chi connectivity index (χ1v) is 3.84. The van der Waals surface area contributed by atoms with Gasteiger partial charge in [-0.1, -0.05) is 19.2 Å². The molecule has 0 aromatic heterocycles. The average molecular weight is 164 g/mol. The minimum absolute atomic E-state index is 0.806. The third-order valence-electron chi connectivity index (χ3n) is 1.25. The monoisotopic (exact) mass is 164 g/mol. The summed E-state index contributed by atoms with van der Waals surface area (Å²) in [6.45, 7) is 13.1. The van der Waals surface area contributed by atoms with E-state index < -0.39 is 0 Å². The molecule has 0 bridgehead atoms. The van der Waals surface area contributed by atoms with Crippen molar-refractivity contribution in [2.75, 3.05) is 0 Å². The first kappa shape index (κ1) is 10.7. The number of rotatable bonds is 4. The van der Waals surface area contributed by atoms with Crippen molar-refractivity contribution in [2.24, 2.45) is 4.99 Å². The van der Waals surface area contributed by atoms with Crippen LogP contribution in [0.1, 0.15) is 20.8 Å². The van der Waals surface area contributed by atoms with E-state index in [2.05, 4.69) is 23.5 Å². The van der Waals surface area contributed by atoms with Gasteiger partial charge >= 0.3 is 0 Å². The fourth-order valence-electron chi connectivity index (χ4n) is 0.651. The van der Waals surface area contributed by atoms with E-state index >= 15 is 0 Å². The summed E-state index contributed by atoms with van der Waals surface area (Å²) in [6, 6.07) is 0. The van der Waals surface area contributed by atoms with Crippen molar-refractivity contribution in [2.45, 2.75) is 20.8 Å². The average Bonchev–Trinajstić information content (AvgIpc) is 2.01. The zero-order valence-electron chi connectivity index (χ0n) is 8.02. The second-order valence-electron chi connectivity index (χ2n) is 2.64. The van der Waals surface area contributed by atoms with Crippen molar-refractivity contribution in [1.82, 2.24) is 5.32 Å². The molecule has 0 saturated carbocycles. The van der Waals surface area contributed by atoms with Gasteiger partial charge in [0, 0.05) is 5.71 Å². The lowest BCUT2D eigenvalue weighted by molar-refractivity contribution is 1.00. The SMILES string of the molecule is C=CN/C(N=C(C)C)=C(\C)C=C. The molecule has 0 aromatic rings. The number of nitrogens with one attached hydrogen (secondary N) is 1. The Balaban J connectivity index is 4.77. The highest BCUT2D eigenvalue weighted by Gasteiger charge is 1.94. The van der Waals surface area contributed by atoms with Gasteiger partial charge < -0.3 is 5.32 Å². The van der Waals surface area contributed by atoms with Gasteiger partial charge in [0.25, 0.3) is 0 Å². The predicted octanol–water partition coefficient (Wildman–Crippen LogP) is 2.62. The summed E-state index contributed by atoms with van der Waals surface area (Å²) in [7, 11) is 0. The van der Waals surface area contributed by atoms with Gasteiger partial charge in [0.2, 0.25) is 0 Å². The molecule has 0 aliphatic heterocycles. The second-order valence-corrected chi connectivity index (χ2v) is 2.64. The Morgan fingerprint density at radius 3 is 2.17 bits per heavy atom. The van der Waals surface area contributed by atoms with Gasteiger partial charge in [0.05, 0.1) is 0 Å². The number of hydrogen-bond acceptors (Lipinski definition) is 2. The molecule has 0 aliphatic carbocycles. The van der Waals surface area contributed by atoms with Crippen LogP contribution >= 0.6 is 0 Å². The first-order valence-electron chi connectivity index (χ1n) is 3.84. The topological polar surface area (TPSA) is 24.4 Å². The van der Waals surface area contributed by atoms with Gasteiger partial charge in [-0.15, -0.1) is 0 Å². The van der Waals surface area contributed by atoms with Gasteiger partial charge in [0.1, 0.15) is 5.82 Å². The largest absolute Gasteiger partial charge is 0.347 e. The number of aliphatic imine (C=N–C) groups is 1. The van der Waals surface area contributed by atoms with Gasteiger partial charge in [-0.3, -0.25) is 0 Å². The molecular formula is C10H16N2. The first-order chi connectivity index (χ1) is 5.61. The van der Waals surface area contributed by atoms with Crippen LogP contribution in [0.2, 0.25) is 0 Å². The molecule has 0 unspecified atom stereocenters. The lowest BCUT2D eigenvalue weighted by Crippen LogP contribution is -2.05. The van der Waals surface area contributed by atoms with Crippen molar-refractivity contribution in [3.8, 4) is 0 Å². The Kier molecular flexibility index (Phi) is 4.77. The maximum Gasteiger partial charge on any atom is 0.132 e. The summed E-state index contributed by atoms with van der Waals surface area (Å²) in [5, 5.41) is 2.95. The molecule has 66 valence electrons. The van der Waals surface area contributed by atoms with E-state index in [-0.39, 0.29) is 0 Å². The molecule has 12 heavy (non-hydrogen) atoms. The van der Waals surface area contributed by atoms with E-state index in [1.807, 2.05) is 20.8 Å². The molecule has 0 amide bonds. The zero-order valence-corrected chi connectivity index (χ0v) is 8.02. The van der Waals surface area contributed by atoms with Gasteiger partial charge in [-0.2, -0.15) is 0 Å². The quantitative estimate of drug-likeness (QED) is 0.501. The van der Waals surface area contributed by atoms with E-state index in [1.165, 1.54) is 0 Å². The molecule has 2 heteroatoms. The Morgan fingerprint density at radius 2 is 1.83 bits per heavy atom. The Bertz CT molecular complexity index is 230. The molecule has 0 spiro atoms. The fraction of sp³-hybridized carbons (Fsp3) is 0.300. The number of nitrogens with zero attached hydrogens (tertiary/aromatic N) is 1.